The Morgan fingerprint density at radius 1 is 1.09 bits per heavy atom. The predicted octanol–water partition coefficient (Wildman–Crippen LogP) is 4.40. The van der Waals surface area contributed by atoms with Gasteiger partial charge in [0.05, 0.1) is 26.9 Å². The molecule has 180 valence electrons. The fourth-order valence-corrected chi connectivity index (χ4v) is 7.63. The summed E-state index contributed by atoms with van der Waals surface area (Å²) in [6.45, 7) is 1.48. The van der Waals surface area contributed by atoms with Crippen LogP contribution < -0.4 is 0 Å². The quantitative estimate of drug-likeness (QED) is 0.490. The van der Waals surface area contributed by atoms with E-state index in [0.29, 0.717) is 18.1 Å². The number of morpholine rings is 1. The summed E-state index contributed by atoms with van der Waals surface area (Å²) in [5.41, 5.74) is 0.904. The number of amides is 1. The topological polar surface area (TPSA) is 79.8 Å². The molecule has 3 heterocycles. The minimum absolute atomic E-state index is 0.0229. The number of benzene rings is 2. The minimum atomic E-state index is -3.82. The predicted molar refractivity (Wildman–Crippen MR) is 133 cm³/mol. The van der Waals surface area contributed by atoms with Gasteiger partial charge in [-0.05, 0) is 43.2 Å². The number of piperidine rings is 1. The number of halogens is 2. The fraction of sp³-hybridized carbons (Fsp3) is 0.391. The SMILES string of the molecule is O=C(C1CN(S(=O)(=O)c2ccccc2Cl)CCO1)N1CCC(c2nc3cc(Cl)ccc3s2)CC1. The number of ether oxygens (including phenoxy) is 1. The van der Waals surface area contributed by atoms with E-state index in [1.165, 1.54) is 10.4 Å². The summed E-state index contributed by atoms with van der Waals surface area (Å²) in [6, 6.07) is 12.1. The van der Waals surface area contributed by atoms with E-state index >= 15 is 0 Å². The van der Waals surface area contributed by atoms with Gasteiger partial charge in [0, 0.05) is 37.1 Å². The first kappa shape index (κ1) is 24.0. The number of carbonyl (C=O) groups excluding carboxylic acids is 1. The van der Waals surface area contributed by atoms with Crippen LogP contribution >= 0.6 is 34.5 Å². The van der Waals surface area contributed by atoms with Crippen LogP contribution in [0, 0.1) is 0 Å². The Morgan fingerprint density at radius 3 is 2.62 bits per heavy atom. The summed E-state index contributed by atoms with van der Waals surface area (Å²) in [4.78, 5) is 19.7. The third-order valence-electron chi connectivity index (χ3n) is 6.28. The molecule has 1 aromatic heterocycles. The summed E-state index contributed by atoms with van der Waals surface area (Å²) in [5.74, 6) is 0.109. The molecule has 2 aliphatic rings. The van der Waals surface area contributed by atoms with Crippen molar-refractivity contribution in [2.45, 2.75) is 29.8 Å². The minimum Gasteiger partial charge on any atom is -0.366 e. The highest BCUT2D eigenvalue weighted by Crippen LogP contribution is 2.35. The van der Waals surface area contributed by atoms with Gasteiger partial charge in [0.25, 0.3) is 5.91 Å². The lowest BCUT2D eigenvalue weighted by Crippen LogP contribution is -2.53. The second-order valence-electron chi connectivity index (χ2n) is 8.42. The number of hydrogen-bond donors (Lipinski definition) is 0. The number of carbonyl (C=O) groups is 1. The number of nitrogens with zero attached hydrogens (tertiary/aromatic N) is 3. The van der Waals surface area contributed by atoms with E-state index in [1.54, 1.807) is 34.4 Å². The monoisotopic (exact) mass is 539 g/mol. The van der Waals surface area contributed by atoms with E-state index in [4.69, 9.17) is 32.9 Å². The van der Waals surface area contributed by atoms with Crippen molar-refractivity contribution in [3.8, 4) is 0 Å². The van der Waals surface area contributed by atoms with Crippen LogP contribution in [0.3, 0.4) is 0 Å². The Balaban J connectivity index is 1.23. The Labute approximate surface area is 212 Å². The molecule has 2 fully saturated rings. The maximum absolute atomic E-state index is 13.2. The number of sulfonamides is 1. The van der Waals surface area contributed by atoms with Gasteiger partial charge in [0.1, 0.15) is 11.0 Å². The second kappa shape index (κ2) is 9.72. The molecule has 1 atom stereocenters. The van der Waals surface area contributed by atoms with Crippen LogP contribution in [-0.2, 0) is 19.6 Å². The Morgan fingerprint density at radius 2 is 1.85 bits per heavy atom. The highest BCUT2D eigenvalue weighted by Gasteiger charge is 2.37. The lowest BCUT2D eigenvalue weighted by Gasteiger charge is -2.37. The van der Waals surface area contributed by atoms with E-state index in [9.17, 15) is 13.2 Å². The van der Waals surface area contributed by atoms with Crippen molar-refractivity contribution >= 4 is 60.7 Å². The molecular formula is C23H23Cl2N3O4S2. The summed E-state index contributed by atoms with van der Waals surface area (Å²) in [7, 11) is -3.82. The lowest BCUT2D eigenvalue weighted by molar-refractivity contribution is -0.148. The Kier molecular flexibility index (Phi) is 6.85. The van der Waals surface area contributed by atoms with Crippen molar-refractivity contribution in [3.63, 3.8) is 0 Å². The van der Waals surface area contributed by atoms with E-state index in [1.807, 2.05) is 18.2 Å². The molecular weight excluding hydrogens is 517 g/mol. The van der Waals surface area contributed by atoms with Crippen molar-refractivity contribution in [3.05, 3.63) is 57.5 Å². The van der Waals surface area contributed by atoms with Crippen LogP contribution in [0.5, 0.6) is 0 Å². The van der Waals surface area contributed by atoms with Gasteiger partial charge in [0.2, 0.25) is 10.0 Å². The number of hydrogen-bond acceptors (Lipinski definition) is 6. The zero-order valence-corrected chi connectivity index (χ0v) is 21.3. The van der Waals surface area contributed by atoms with Gasteiger partial charge < -0.3 is 9.64 Å². The normalized spacial score (nSPS) is 20.6. The van der Waals surface area contributed by atoms with E-state index < -0.39 is 16.1 Å². The largest absolute Gasteiger partial charge is 0.366 e. The summed E-state index contributed by atoms with van der Waals surface area (Å²) in [6.07, 6.45) is 0.772. The molecule has 2 saturated heterocycles. The van der Waals surface area contributed by atoms with Crippen LogP contribution in [0.1, 0.15) is 23.8 Å². The van der Waals surface area contributed by atoms with Crippen molar-refractivity contribution < 1.29 is 17.9 Å². The van der Waals surface area contributed by atoms with Crippen LogP contribution in [0.2, 0.25) is 10.0 Å². The first-order chi connectivity index (χ1) is 16.3. The average molecular weight is 540 g/mol. The molecule has 3 aromatic rings. The van der Waals surface area contributed by atoms with Crippen molar-refractivity contribution in [2.75, 3.05) is 32.8 Å². The molecule has 34 heavy (non-hydrogen) atoms. The number of thiazole rings is 1. The van der Waals surface area contributed by atoms with Crippen molar-refractivity contribution in [1.82, 2.24) is 14.2 Å². The smallest absolute Gasteiger partial charge is 0.253 e. The standard InChI is InChI=1S/C23H23Cl2N3O4S2/c24-16-5-6-20-18(13-16)26-22(33-20)15-7-9-27(10-8-15)23(29)19-14-28(11-12-32-19)34(30,31)21-4-2-1-3-17(21)25/h1-6,13,15,19H,7-12,14H2. The van der Waals surface area contributed by atoms with E-state index in [2.05, 4.69) is 0 Å². The van der Waals surface area contributed by atoms with E-state index in [0.717, 1.165) is 28.1 Å². The van der Waals surface area contributed by atoms with Crippen LogP contribution in [-0.4, -0.2) is 67.4 Å². The van der Waals surface area contributed by atoms with Gasteiger partial charge in [-0.1, -0.05) is 35.3 Å². The Hall–Kier alpha value is -1.75. The van der Waals surface area contributed by atoms with Gasteiger partial charge in [-0.2, -0.15) is 4.31 Å². The molecule has 0 aliphatic carbocycles. The van der Waals surface area contributed by atoms with E-state index in [-0.39, 0.29) is 41.4 Å². The van der Waals surface area contributed by atoms with Crippen LogP contribution in [0.4, 0.5) is 0 Å². The molecule has 0 radical (unpaired) electrons. The fourth-order valence-electron chi connectivity index (χ4n) is 4.43. The number of likely N-dealkylation sites (tertiary alicyclic amines) is 1. The maximum atomic E-state index is 13.2. The van der Waals surface area contributed by atoms with Gasteiger partial charge in [-0.3, -0.25) is 4.79 Å². The molecule has 0 spiro atoms. The molecule has 1 unspecified atom stereocenters. The van der Waals surface area contributed by atoms with Crippen molar-refractivity contribution in [1.29, 1.82) is 0 Å². The molecule has 0 bridgehead atoms. The highest BCUT2D eigenvalue weighted by molar-refractivity contribution is 7.89. The van der Waals surface area contributed by atoms with Gasteiger partial charge in [-0.25, -0.2) is 13.4 Å². The average Bonchev–Trinajstić information content (AvgIpc) is 3.27. The molecule has 11 heteroatoms. The molecule has 5 rings (SSSR count). The number of aromatic nitrogens is 1. The zero-order chi connectivity index (χ0) is 23.9. The number of fused-ring (bicyclic) bond motifs is 1. The third kappa shape index (κ3) is 4.69. The highest BCUT2D eigenvalue weighted by atomic mass is 35.5. The van der Waals surface area contributed by atoms with Crippen LogP contribution in [0.15, 0.2) is 47.4 Å². The Bertz CT molecular complexity index is 1320. The molecule has 7 nitrogen and oxygen atoms in total. The molecule has 1 amide bonds. The van der Waals surface area contributed by atoms with Gasteiger partial charge in [0.15, 0.2) is 0 Å². The maximum Gasteiger partial charge on any atom is 0.253 e. The second-order valence-corrected chi connectivity index (χ2v) is 12.2. The molecule has 2 aliphatic heterocycles. The number of rotatable bonds is 4. The first-order valence-corrected chi connectivity index (χ1v) is 14.1. The molecule has 2 aromatic carbocycles. The summed E-state index contributed by atoms with van der Waals surface area (Å²) < 4.78 is 34.3. The third-order valence-corrected chi connectivity index (χ3v) is 10.1. The lowest BCUT2D eigenvalue weighted by atomic mass is 9.97. The summed E-state index contributed by atoms with van der Waals surface area (Å²) >= 11 is 13.9. The molecule has 0 N–H and O–H groups in total. The zero-order valence-electron chi connectivity index (χ0n) is 18.2. The molecule has 0 saturated carbocycles. The van der Waals surface area contributed by atoms with Gasteiger partial charge >= 0.3 is 0 Å². The first-order valence-electron chi connectivity index (χ1n) is 11.0. The van der Waals surface area contributed by atoms with Crippen LogP contribution in [0.25, 0.3) is 10.2 Å². The van der Waals surface area contributed by atoms with Gasteiger partial charge in [-0.15, -0.1) is 11.3 Å². The summed E-state index contributed by atoms with van der Waals surface area (Å²) in [5, 5.41) is 1.90. The van der Waals surface area contributed by atoms with Crippen molar-refractivity contribution in [2.24, 2.45) is 0 Å².